The monoisotopic (exact) mass is 295 g/mol. The van der Waals surface area contributed by atoms with Gasteiger partial charge in [0.15, 0.2) is 0 Å². The van der Waals surface area contributed by atoms with Crippen LogP contribution in [0.2, 0.25) is 0 Å². The van der Waals surface area contributed by atoms with Gasteiger partial charge in [-0.2, -0.15) is 0 Å². The first-order valence-corrected chi connectivity index (χ1v) is 7.49. The minimum absolute atomic E-state index is 0.00478. The molecule has 0 aliphatic rings. The van der Waals surface area contributed by atoms with E-state index in [1.165, 1.54) is 0 Å². The number of carbonyl (C=O) groups excluding carboxylic acids is 1. The Balaban J connectivity index is 2.77. The van der Waals surface area contributed by atoms with Crippen LogP contribution in [0, 0.1) is 0 Å². The molecule has 0 saturated heterocycles. The Morgan fingerprint density at radius 3 is 2.30 bits per heavy atom. The highest BCUT2D eigenvalue weighted by atomic mass is 32.2. The number of anilines is 1. The molecular weight excluding hydrogens is 274 g/mol. The first-order valence-electron chi connectivity index (χ1n) is 6.51. The summed E-state index contributed by atoms with van der Waals surface area (Å²) in [6.45, 7) is 6.35. The van der Waals surface area contributed by atoms with E-state index in [0.29, 0.717) is 5.75 Å². The second kappa shape index (κ2) is 7.33. The SMILES string of the molecule is CC(C)(C)SCC(=O)N(CCC(=O)O)c1ccccc1. The maximum absolute atomic E-state index is 12.3. The lowest BCUT2D eigenvalue weighted by Crippen LogP contribution is -2.35. The molecule has 1 rings (SSSR count). The largest absolute Gasteiger partial charge is 0.481 e. The third kappa shape index (κ3) is 6.10. The molecule has 0 aromatic heterocycles. The van der Waals surface area contributed by atoms with Crippen molar-refractivity contribution < 1.29 is 14.7 Å². The van der Waals surface area contributed by atoms with Gasteiger partial charge in [0.1, 0.15) is 0 Å². The molecule has 1 aromatic carbocycles. The third-order valence-corrected chi connectivity index (χ3v) is 3.80. The summed E-state index contributed by atoms with van der Waals surface area (Å²) in [5.74, 6) is -0.613. The van der Waals surface area contributed by atoms with Gasteiger partial charge in [-0.3, -0.25) is 9.59 Å². The van der Waals surface area contributed by atoms with Gasteiger partial charge in [0.05, 0.1) is 12.2 Å². The second-order valence-corrected chi connectivity index (χ2v) is 7.23. The van der Waals surface area contributed by atoms with Crippen LogP contribution in [0.15, 0.2) is 30.3 Å². The van der Waals surface area contributed by atoms with E-state index < -0.39 is 5.97 Å². The summed E-state index contributed by atoms with van der Waals surface area (Å²) in [6.07, 6.45) is -0.0547. The van der Waals surface area contributed by atoms with Crippen LogP contribution in [-0.4, -0.2) is 34.0 Å². The Hall–Kier alpha value is -1.49. The van der Waals surface area contributed by atoms with Crippen molar-refractivity contribution in [2.75, 3.05) is 17.2 Å². The molecule has 110 valence electrons. The van der Waals surface area contributed by atoms with Crippen molar-refractivity contribution in [1.82, 2.24) is 0 Å². The molecule has 1 N–H and O–H groups in total. The molecule has 0 aliphatic carbocycles. The standard InChI is InChI=1S/C15H21NO3S/c1-15(2,3)20-11-13(17)16(10-9-14(18)19)12-7-5-4-6-8-12/h4-8H,9-11H2,1-3H3,(H,18,19). The van der Waals surface area contributed by atoms with Crippen molar-refractivity contribution >= 4 is 29.3 Å². The molecule has 5 heteroatoms. The van der Waals surface area contributed by atoms with Gasteiger partial charge in [-0.1, -0.05) is 39.0 Å². The topological polar surface area (TPSA) is 57.6 Å². The maximum Gasteiger partial charge on any atom is 0.305 e. The second-order valence-electron chi connectivity index (χ2n) is 5.43. The molecular formula is C15H21NO3S. The van der Waals surface area contributed by atoms with Crippen molar-refractivity contribution in [2.45, 2.75) is 31.9 Å². The van der Waals surface area contributed by atoms with Crippen LogP contribution in [0.3, 0.4) is 0 Å². The fourth-order valence-electron chi connectivity index (χ4n) is 1.57. The van der Waals surface area contributed by atoms with Crippen LogP contribution in [0.4, 0.5) is 5.69 Å². The Morgan fingerprint density at radius 1 is 1.20 bits per heavy atom. The minimum Gasteiger partial charge on any atom is -0.481 e. The number of nitrogens with zero attached hydrogens (tertiary/aromatic N) is 1. The lowest BCUT2D eigenvalue weighted by molar-refractivity contribution is -0.136. The number of hydrogen-bond donors (Lipinski definition) is 1. The number of rotatable bonds is 6. The van der Waals surface area contributed by atoms with E-state index >= 15 is 0 Å². The van der Waals surface area contributed by atoms with Gasteiger partial charge < -0.3 is 10.0 Å². The summed E-state index contributed by atoms with van der Waals surface area (Å²) >= 11 is 1.56. The van der Waals surface area contributed by atoms with Crippen LogP contribution in [0.5, 0.6) is 0 Å². The van der Waals surface area contributed by atoms with Crippen molar-refractivity contribution in [3.8, 4) is 0 Å². The van der Waals surface area contributed by atoms with Crippen molar-refractivity contribution in [3.05, 3.63) is 30.3 Å². The predicted octanol–water partition coefficient (Wildman–Crippen LogP) is 3.03. The summed E-state index contributed by atoms with van der Waals surface area (Å²) in [6, 6.07) is 9.19. The number of carbonyl (C=O) groups is 2. The van der Waals surface area contributed by atoms with Gasteiger partial charge in [0.2, 0.25) is 5.91 Å². The van der Waals surface area contributed by atoms with E-state index in [0.717, 1.165) is 5.69 Å². The van der Waals surface area contributed by atoms with E-state index in [9.17, 15) is 9.59 Å². The average molecular weight is 295 g/mol. The number of aliphatic carboxylic acids is 1. The third-order valence-electron chi connectivity index (χ3n) is 2.55. The highest BCUT2D eigenvalue weighted by Crippen LogP contribution is 2.24. The zero-order valence-corrected chi connectivity index (χ0v) is 12.9. The van der Waals surface area contributed by atoms with E-state index in [1.807, 2.05) is 30.3 Å². The number of benzene rings is 1. The molecule has 0 bridgehead atoms. The highest BCUT2D eigenvalue weighted by molar-refractivity contribution is 8.01. The molecule has 1 amide bonds. The Kier molecular flexibility index (Phi) is 6.07. The predicted molar refractivity (Wildman–Crippen MR) is 83.3 cm³/mol. The fourth-order valence-corrected chi connectivity index (χ4v) is 2.28. The first-order chi connectivity index (χ1) is 9.29. The fraction of sp³-hybridized carbons (Fsp3) is 0.467. The van der Waals surface area contributed by atoms with Gasteiger partial charge >= 0.3 is 5.97 Å². The van der Waals surface area contributed by atoms with Crippen LogP contribution in [0.1, 0.15) is 27.2 Å². The quantitative estimate of drug-likeness (QED) is 0.876. The summed E-state index contributed by atoms with van der Waals surface area (Å²) in [7, 11) is 0. The summed E-state index contributed by atoms with van der Waals surface area (Å²) in [4.78, 5) is 24.6. The molecule has 0 unspecified atom stereocenters. The molecule has 0 fully saturated rings. The number of para-hydroxylation sites is 1. The number of carboxylic acid groups (broad SMARTS) is 1. The zero-order chi connectivity index (χ0) is 15.2. The lowest BCUT2D eigenvalue weighted by atomic mass is 10.2. The lowest BCUT2D eigenvalue weighted by Gasteiger charge is -2.24. The van der Waals surface area contributed by atoms with Crippen LogP contribution >= 0.6 is 11.8 Å². The zero-order valence-electron chi connectivity index (χ0n) is 12.1. The van der Waals surface area contributed by atoms with Gasteiger partial charge in [0.25, 0.3) is 0 Å². The van der Waals surface area contributed by atoms with Crippen molar-refractivity contribution in [1.29, 1.82) is 0 Å². The first kappa shape index (κ1) is 16.6. The summed E-state index contributed by atoms with van der Waals surface area (Å²) < 4.78 is 0.00478. The van der Waals surface area contributed by atoms with Crippen molar-refractivity contribution in [2.24, 2.45) is 0 Å². The van der Waals surface area contributed by atoms with Gasteiger partial charge in [0, 0.05) is 17.0 Å². The van der Waals surface area contributed by atoms with Crippen molar-refractivity contribution in [3.63, 3.8) is 0 Å². The number of hydrogen-bond acceptors (Lipinski definition) is 3. The molecule has 0 radical (unpaired) electrons. The highest BCUT2D eigenvalue weighted by Gasteiger charge is 2.20. The van der Waals surface area contributed by atoms with Gasteiger partial charge in [-0.15, -0.1) is 11.8 Å². The molecule has 1 aromatic rings. The van der Waals surface area contributed by atoms with Crippen LogP contribution < -0.4 is 4.90 Å². The number of amides is 1. The number of carboxylic acids is 1. The molecule has 0 saturated carbocycles. The molecule has 20 heavy (non-hydrogen) atoms. The Morgan fingerprint density at radius 2 is 1.80 bits per heavy atom. The molecule has 0 heterocycles. The molecule has 0 spiro atoms. The van der Waals surface area contributed by atoms with E-state index in [4.69, 9.17) is 5.11 Å². The summed E-state index contributed by atoms with van der Waals surface area (Å²) in [5.41, 5.74) is 0.744. The normalized spacial score (nSPS) is 11.2. The molecule has 0 atom stereocenters. The molecule has 0 aliphatic heterocycles. The maximum atomic E-state index is 12.3. The van der Waals surface area contributed by atoms with Crippen LogP contribution in [0.25, 0.3) is 0 Å². The summed E-state index contributed by atoms with van der Waals surface area (Å²) in [5, 5.41) is 8.81. The molecule has 4 nitrogen and oxygen atoms in total. The van der Waals surface area contributed by atoms with E-state index in [-0.39, 0.29) is 23.6 Å². The van der Waals surface area contributed by atoms with Gasteiger partial charge in [-0.25, -0.2) is 0 Å². The smallest absolute Gasteiger partial charge is 0.305 e. The van der Waals surface area contributed by atoms with Gasteiger partial charge in [-0.05, 0) is 12.1 Å². The average Bonchev–Trinajstić information content (AvgIpc) is 2.36. The Labute approximate surface area is 124 Å². The van der Waals surface area contributed by atoms with E-state index in [1.54, 1.807) is 16.7 Å². The number of thioether (sulfide) groups is 1. The minimum atomic E-state index is -0.901. The van der Waals surface area contributed by atoms with Crippen LogP contribution in [-0.2, 0) is 9.59 Å². The van der Waals surface area contributed by atoms with E-state index in [2.05, 4.69) is 20.8 Å². The Bertz CT molecular complexity index is 454.